The molecule has 5 heteroatoms. The molecule has 0 aromatic heterocycles. The zero-order valence-corrected chi connectivity index (χ0v) is 13.4. The summed E-state index contributed by atoms with van der Waals surface area (Å²) >= 11 is 0. The number of carbonyl (C=O) groups excluding carboxylic acids is 2. The molecule has 1 fully saturated rings. The molecule has 1 aromatic carbocycles. The number of benzene rings is 1. The first-order valence-electron chi connectivity index (χ1n) is 7.89. The molecule has 2 amide bonds. The Morgan fingerprint density at radius 2 is 2.05 bits per heavy atom. The van der Waals surface area contributed by atoms with Gasteiger partial charge in [-0.15, -0.1) is 0 Å². The molecule has 0 atom stereocenters. The van der Waals surface area contributed by atoms with Crippen LogP contribution in [-0.2, 0) is 9.59 Å². The van der Waals surface area contributed by atoms with E-state index < -0.39 is 0 Å². The van der Waals surface area contributed by atoms with Crippen molar-refractivity contribution in [2.75, 3.05) is 31.6 Å². The van der Waals surface area contributed by atoms with Crippen molar-refractivity contribution < 1.29 is 14.3 Å². The lowest BCUT2D eigenvalue weighted by atomic mass is 10.3. The SMILES string of the molecule is CCCCN(C)C(=O)COc1ccc(N2CCCC2=O)cc1. The number of rotatable bonds is 7. The number of carbonyl (C=O) groups is 2. The molecule has 1 heterocycles. The minimum absolute atomic E-state index is 0.0211. The Hall–Kier alpha value is -2.04. The lowest BCUT2D eigenvalue weighted by molar-refractivity contribution is -0.132. The highest BCUT2D eigenvalue weighted by molar-refractivity contribution is 5.95. The van der Waals surface area contributed by atoms with Gasteiger partial charge in [-0.3, -0.25) is 9.59 Å². The van der Waals surface area contributed by atoms with Gasteiger partial charge in [-0.05, 0) is 37.1 Å². The van der Waals surface area contributed by atoms with Crippen molar-refractivity contribution in [3.05, 3.63) is 24.3 Å². The van der Waals surface area contributed by atoms with Crippen LogP contribution in [0.2, 0.25) is 0 Å². The molecule has 22 heavy (non-hydrogen) atoms. The largest absolute Gasteiger partial charge is 0.484 e. The number of hydrogen-bond acceptors (Lipinski definition) is 3. The van der Waals surface area contributed by atoms with Crippen molar-refractivity contribution >= 4 is 17.5 Å². The van der Waals surface area contributed by atoms with Gasteiger partial charge in [0.2, 0.25) is 5.91 Å². The summed E-state index contributed by atoms with van der Waals surface area (Å²) in [6.45, 7) is 3.68. The molecule has 0 radical (unpaired) electrons. The molecule has 1 aliphatic rings. The summed E-state index contributed by atoms with van der Waals surface area (Å²) in [6, 6.07) is 7.34. The van der Waals surface area contributed by atoms with Gasteiger partial charge < -0.3 is 14.5 Å². The molecule has 0 saturated carbocycles. The number of ether oxygens (including phenoxy) is 1. The van der Waals surface area contributed by atoms with Gasteiger partial charge >= 0.3 is 0 Å². The molecular formula is C17H24N2O3. The summed E-state index contributed by atoms with van der Waals surface area (Å²) in [5.41, 5.74) is 0.890. The van der Waals surface area contributed by atoms with Crippen LogP contribution in [0.3, 0.4) is 0 Å². The first-order valence-corrected chi connectivity index (χ1v) is 7.89. The standard InChI is InChI=1S/C17H24N2O3/c1-3-4-11-18(2)17(21)13-22-15-9-7-14(8-10-15)19-12-5-6-16(19)20/h7-10H,3-6,11-13H2,1-2H3. The third-order valence-corrected chi connectivity index (χ3v) is 3.86. The molecule has 0 unspecified atom stereocenters. The molecule has 120 valence electrons. The Kier molecular flexibility index (Phi) is 5.81. The van der Waals surface area contributed by atoms with Crippen LogP contribution in [0.1, 0.15) is 32.6 Å². The number of unbranched alkanes of at least 4 members (excludes halogenated alkanes) is 1. The van der Waals surface area contributed by atoms with Gasteiger partial charge in [0.15, 0.2) is 6.61 Å². The summed E-state index contributed by atoms with van der Waals surface area (Å²) in [5, 5.41) is 0. The molecule has 0 N–H and O–H groups in total. The maximum absolute atomic E-state index is 11.9. The van der Waals surface area contributed by atoms with Crippen molar-refractivity contribution in [2.24, 2.45) is 0 Å². The van der Waals surface area contributed by atoms with Crippen molar-refractivity contribution in [2.45, 2.75) is 32.6 Å². The Balaban J connectivity index is 1.84. The van der Waals surface area contributed by atoms with Crippen LogP contribution in [0.5, 0.6) is 5.75 Å². The van der Waals surface area contributed by atoms with Gasteiger partial charge in [0.05, 0.1) is 0 Å². The average Bonchev–Trinajstić information content (AvgIpc) is 2.96. The first kappa shape index (κ1) is 16.3. The normalized spacial score (nSPS) is 14.3. The van der Waals surface area contributed by atoms with E-state index in [9.17, 15) is 9.59 Å². The van der Waals surface area contributed by atoms with Gasteiger partial charge in [0.1, 0.15) is 5.75 Å². The highest BCUT2D eigenvalue weighted by Gasteiger charge is 2.21. The van der Waals surface area contributed by atoms with E-state index in [2.05, 4.69) is 6.92 Å². The quantitative estimate of drug-likeness (QED) is 0.777. The predicted octanol–water partition coefficient (Wildman–Crippen LogP) is 2.45. The van der Waals surface area contributed by atoms with E-state index in [0.717, 1.165) is 38.0 Å². The van der Waals surface area contributed by atoms with Gasteiger partial charge in [-0.2, -0.15) is 0 Å². The van der Waals surface area contributed by atoms with E-state index in [1.54, 1.807) is 29.0 Å². The fourth-order valence-electron chi connectivity index (χ4n) is 2.42. The third-order valence-electron chi connectivity index (χ3n) is 3.86. The van der Waals surface area contributed by atoms with Crippen LogP contribution in [-0.4, -0.2) is 43.5 Å². The maximum Gasteiger partial charge on any atom is 0.260 e. The second-order valence-electron chi connectivity index (χ2n) is 5.60. The van der Waals surface area contributed by atoms with Crippen molar-refractivity contribution in [1.29, 1.82) is 0 Å². The predicted molar refractivity (Wildman–Crippen MR) is 86.1 cm³/mol. The molecule has 0 spiro atoms. The van der Waals surface area contributed by atoms with E-state index in [1.807, 2.05) is 12.1 Å². The highest BCUT2D eigenvalue weighted by Crippen LogP contribution is 2.23. The number of nitrogens with zero attached hydrogens (tertiary/aromatic N) is 2. The first-order chi connectivity index (χ1) is 10.6. The topological polar surface area (TPSA) is 49.9 Å². The minimum atomic E-state index is -0.0211. The molecule has 0 bridgehead atoms. The number of hydrogen-bond donors (Lipinski definition) is 0. The van der Waals surface area contributed by atoms with Crippen LogP contribution in [0.25, 0.3) is 0 Å². The van der Waals surface area contributed by atoms with E-state index in [0.29, 0.717) is 12.2 Å². The van der Waals surface area contributed by atoms with Crippen molar-refractivity contribution in [1.82, 2.24) is 4.90 Å². The van der Waals surface area contributed by atoms with E-state index in [4.69, 9.17) is 4.74 Å². The van der Waals surface area contributed by atoms with E-state index in [-0.39, 0.29) is 18.4 Å². The second-order valence-corrected chi connectivity index (χ2v) is 5.60. The van der Waals surface area contributed by atoms with Crippen LogP contribution in [0.15, 0.2) is 24.3 Å². The van der Waals surface area contributed by atoms with Gasteiger partial charge in [-0.1, -0.05) is 13.3 Å². The zero-order valence-electron chi connectivity index (χ0n) is 13.4. The van der Waals surface area contributed by atoms with Crippen LogP contribution in [0.4, 0.5) is 5.69 Å². The van der Waals surface area contributed by atoms with Gasteiger partial charge in [-0.25, -0.2) is 0 Å². The smallest absolute Gasteiger partial charge is 0.260 e. The number of amides is 2. The number of anilines is 1. The summed E-state index contributed by atoms with van der Waals surface area (Å²) in [6.07, 6.45) is 3.60. The maximum atomic E-state index is 11.9. The number of likely N-dealkylation sites (N-methyl/N-ethyl adjacent to an activating group) is 1. The monoisotopic (exact) mass is 304 g/mol. The Bertz CT molecular complexity index is 513. The summed E-state index contributed by atoms with van der Waals surface area (Å²) in [4.78, 5) is 27.1. The van der Waals surface area contributed by atoms with Crippen LogP contribution < -0.4 is 9.64 Å². The van der Waals surface area contributed by atoms with E-state index >= 15 is 0 Å². The second kappa shape index (κ2) is 7.82. The van der Waals surface area contributed by atoms with Gasteiger partial charge in [0, 0.05) is 32.2 Å². The van der Waals surface area contributed by atoms with E-state index in [1.165, 1.54) is 0 Å². The van der Waals surface area contributed by atoms with Crippen molar-refractivity contribution in [3.8, 4) is 5.75 Å². The Morgan fingerprint density at radius 1 is 1.32 bits per heavy atom. The van der Waals surface area contributed by atoms with Gasteiger partial charge in [0.25, 0.3) is 5.91 Å². The van der Waals surface area contributed by atoms with Crippen LogP contribution in [0, 0.1) is 0 Å². The molecule has 0 aliphatic carbocycles. The van der Waals surface area contributed by atoms with Crippen LogP contribution >= 0.6 is 0 Å². The lowest BCUT2D eigenvalue weighted by Gasteiger charge is -2.18. The minimum Gasteiger partial charge on any atom is -0.484 e. The molecular weight excluding hydrogens is 280 g/mol. The summed E-state index contributed by atoms with van der Waals surface area (Å²) < 4.78 is 5.52. The average molecular weight is 304 g/mol. The zero-order chi connectivity index (χ0) is 15.9. The molecule has 1 saturated heterocycles. The fourth-order valence-corrected chi connectivity index (χ4v) is 2.42. The van der Waals surface area contributed by atoms with Crippen molar-refractivity contribution in [3.63, 3.8) is 0 Å². The third kappa shape index (κ3) is 4.23. The molecule has 2 rings (SSSR count). The molecule has 5 nitrogen and oxygen atoms in total. The lowest BCUT2D eigenvalue weighted by Crippen LogP contribution is -2.32. The summed E-state index contributed by atoms with van der Waals surface area (Å²) in [5.74, 6) is 0.793. The molecule has 1 aromatic rings. The highest BCUT2D eigenvalue weighted by atomic mass is 16.5. The Morgan fingerprint density at radius 3 is 2.64 bits per heavy atom. The Labute approximate surface area is 131 Å². The summed E-state index contributed by atoms with van der Waals surface area (Å²) in [7, 11) is 1.80. The molecule has 1 aliphatic heterocycles. The fraction of sp³-hybridized carbons (Fsp3) is 0.529.